The predicted molar refractivity (Wildman–Crippen MR) is 179 cm³/mol. The van der Waals surface area contributed by atoms with Gasteiger partial charge < -0.3 is 15.2 Å². The molecule has 264 valence electrons. The number of amides is 1. The molecule has 16 heteroatoms. The lowest BCUT2D eigenvalue weighted by molar-refractivity contribution is -0.192. The van der Waals surface area contributed by atoms with Crippen LogP contribution in [0.25, 0.3) is 21.7 Å². The summed E-state index contributed by atoms with van der Waals surface area (Å²) >= 11 is 0. The molecule has 0 aliphatic heterocycles. The highest BCUT2D eigenvalue weighted by Crippen LogP contribution is 2.30. The standard InChI is InChI=1S/C31H38N6O4S.C2HF3O2/c1-31(2,3)41-30(38)37-36-28-25-12-6-7-13-26(25)34-29(35-28)32-19-21-15-17-22(18-16-21)20-33-42(39,40)27-14-8-10-23-9-4-5-11-24(23)27;3-2(4,5)1(6)7/h4-14,21-22,33H,15-20H2,1-3H3,(H,37,38)(H2,32,34,35,36);(H,6,7). The Kier molecular flexibility index (Phi) is 11.9. The Morgan fingerprint density at radius 1 is 0.857 bits per heavy atom. The van der Waals surface area contributed by atoms with Gasteiger partial charge in [-0.1, -0.05) is 48.5 Å². The van der Waals surface area contributed by atoms with E-state index in [4.69, 9.17) is 14.6 Å². The molecular weight excluding hydrogens is 665 g/mol. The van der Waals surface area contributed by atoms with Gasteiger partial charge in [0, 0.05) is 23.9 Å². The van der Waals surface area contributed by atoms with E-state index < -0.39 is 33.9 Å². The summed E-state index contributed by atoms with van der Waals surface area (Å²) in [7, 11) is -3.61. The molecule has 1 saturated carbocycles. The first kappa shape index (κ1) is 37.1. The number of nitrogens with one attached hydrogen (secondary N) is 4. The molecule has 0 unspecified atom stereocenters. The molecule has 1 aliphatic carbocycles. The molecular formula is C33H39F3N6O6S. The number of carboxylic acid groups (broad SMARTS) is 1. The summed E-state index contributed by atoms with van der Waals surface area (Å²) < 4.78 is 66.1. The highest BCUT2D eigenvalue weighted by atomic mass is 32.2. The van der Waals surface area contributed by atoms with Gasteiger partial charge in [-0.25, -0.2) is 33.1 Å². The minimum Gasteiger partial charge on any atom is -0.475 e. The topological polar surface area (TPSA) is 172 Å². The average Bonchev–Trinajstić information content (AvgIpc) is 3.04. The first-order chi connectivity index (χ1) is 23.0. The van der Waals surface area contributed by atoms with Crippen molar-refractivity contribution in [2.45, 2.75) is 63.1 Å². The number of fused-ring (bicyclic) bond motifs is 2. The molecule has 1 aliphatic rings. The van der Waals surface area contributed by atoms with Crippen LogP contribution in [-0.4, -0.2) is 60.4 Å². The lowest BCUT2D eigenvalue weighted by Crippen LogP contribution is -2.36. The fourth-order valence-corrected chi connectivity index (χ4v) is 6.62. The van der Waals surface area contributed by atoms with Gasteiger partial charge in [0.2, 0.25) is 16.0 Å². The number of hydrazine groups is 1. The minimum atomic E-state index is -5.08. The van der Waals surface area contributed by atoms with Gasteiger partial charge in [0.25, 0.3) is 0 Å². The van der Waals surface area contributed by atoms with Gasteiger partial charge in [0.1, 0.15) is 5.60 Å². The number of hydrogen-bond donors (Lipinski definition) is 5. The molecule has 1 aromatic heterocycles. The Bertz CT molecular complexity index is 1870. The molecule has 0 saturated heterocycles. The van der Waals surface area contributed by atoms with Crippen molar-refractivity contribution in [2.24, 2.45) is 11.8 Å². The number of rotatable bonds is 9. The van der Waals surface area contributed by atoms with E-state index in [1.165, 1.54) is 0 Å². The number of nitrogens with zero attached hydrogens (tertiary/aromatic N) is 2. The van der Waals surface area contributed by atoms with E-state index in [2.05, 4.69) is 30.9 Å². The van der Waals surface area contributed by atoms with Gasteiger partial charge in [0.15, 0.2) is 5.82 Å². The van der Waals surface area contributed by atoms with Gasteiger partial charge in [-0.3, -0.25) is 5.43 Å². The van der Waals surface area contributed by atoms with Gasteiger partial charge in [-0.15, -0.1) is 0 Å². The fourth-order valence-electron chi connectivity index (χ4n) is 5.28. The quantitative estimate of drug-likeness (QED) is 0.122. The number of sulfonamides is 1. The number of hydrogen-bond acceptors (Lipinski definition) is 9. The zero-order chi connectivity index (χ0) is 35.8. The fraction of sp³-hybridized carbons (Fsp3) is 0.394. The first-order valence-corrected chi connectivity index (χ1v) is 17.0. The number of para-hydroxylation sites is 1. The number of benzene rings is 3. The van der Waals surface area contributed by atoms with E-state index in [0.717, 1.165) is 47.4 Å². The predicted octanol–water partition coefficient (Wildman–Crippen LogP) is 6.46. The van der Waals surface area contributed by atoms with Crippen LogP contribution in [0.1, 0.15) is 46.5 Å². The van der Waals surface area contributed by atoms with Crippen molar-refractivity contribution >= 4 is 55.5 Å². The maximum absolute atomic E-state index is 13.1. The van der Waals surface area contributed by atoms with Crippen LogP contribution in [0.4, 0.5) is 29.7 Å². The Balaban J connectivity index is 0.000000698. The van der Waals surface area contributed by atoms with Crippen LogP contribution in [0.2, 0.25) is 0 Å². The summed E-state index contributed by atoms with van der Waals surface area (Å²) in [5.74, 6) is -1.12. The third-order valence-electron chi connectivity index (χ3n) is 7.64. The van der Waals surface area contributed by atoms with E-state index in [-0.39, 0.29) is 5.92 Å². The largest absolute Gasteiger partial charge is 0.490 e. The Morgan fingerprint density at radius 3 is 2.06 bits per heavy atom. The SMILES string of the molecule is CC(C)(C)OC(=O)NNc1nc(NCC2CCC(CNS(=O)(=O)c3cccc4ccccc34)CC2)nc2ccccc12.O=C(O)C(F)(F)F. The molecule has 4 aromatic rings. The number of carbonyl (C=O) groups is 2. The van der Waals surface area contributed by atoms with Crippen molar-refractivity contribution in [3.63, 3.8) is 0 Å². The molecule has 1 amide bonds. The summed E-state index contributed by atoms with van der Waals surface area (Å²) in [5, 5.41) is 12.9. The summed E-state index contributed by atoms with van der Waals surface area (Å²) in [6.07, 6.45) is -1.85. The minimum absolute atomic E-state index is 0.289. The highest BCUT2D eigenvalue weighted by molar-refractivity contribution is 7.89. The van der Waals surface area contributed by atoms with Gasteiger partial charge in [0.05, 0.1) is 10.4 Å². The number of ether oxygens (including phenoxy) is 1. The summed E-state index contributed by atoms with van der Waals surface area (Å²) in [5.41, 5.74) is 5.54. The second-order valence-corrected chi connectivity index (χ2v) is 14.3. The van der Waals surface area contributed by atoms with Crippen LogP contribution in [-0.2, 0) is 19.6 Å². The van der Waals surface area contributed by atoms with E-state index in [9.17, 15) is 26.4 Å². The molecule has 0 atom stereocenters. The number of aromatic nitrogens is 2. The van der Waals surface area contributed by atoms with Gasteiger partial charge >= 0.3 is 18.2 Å². The van der Waals surface area contributed by atoms with Crippen LogP contribution in [0, 0.1) is 11.8 Å². The monoisotopic (exact) mass is 704 g/mol. The van der Waals surface area contributed by atoms with Crippen LogP contribution in [0.3, 0.4) is 0 Å². The summed E-state index contributed by atoms with van der Waals surface area (Å²) in [6, 6.07) is 20.5. The second kappa shape index (κ2) is 15.7. The molecule has 0 radical (unpaired) electrons. The second-order valence-electron chi connectivity index (χ2n) is 12.6. The van der Waals surface area contributed by atoms with Crippen LogP contribution in [0.5, 0.6) is 0 Å². The molecule has 0 bridgehead atoms. The van der Waals surface area contributed by atoms with Crippen molar-refractivity contribution in [2.75, 3.05) is 23.8 Å². The Morgan fingerprint density at radius 2 is 1.43 bits per heavy atom. The highest BCUT2D eigenvalue weighted by Gasteiger charge is 2.38. The smallest absolute Gasteiger partial charge is 0.475 e. The maximum Gasteiger partial charge on any atom is 0.490 e. The lowest BCUT2D eigenvalue weighted by Gasteiger charge is -2.28. The normalized spacial score (nSPS) is 16.7. The van der Waals surface area contributed by atoms with Gasteiger partial charge in [-0.2, -0.15) is 18.2 Å². The Labute approximate surface area is 281 Å². The van der Waals surface area contributed by atoms with Crippen LogP contribution < -0.4 is 20.9 Å². The molecule has 0 spiro atoms. The molecule has 5 rings (SSSR count). The molecule has 49 heavy (non-hydrogen) atoms. The molecule has 5 N–H and O–H groups in total. The van der Waals surface area contributed by atoms with Crippen molar-refractivity contribution in [1.29, 1.82) is 0 Å². The average molecular weight is 705 g/mol. The van der Waals surface area contributed by atoms with E-state index in [1.807, 2.05) is 54.6 Å². The number of carbonyl (C=O) groups excluding carboxylic acids is 1. The molecule has 3 aromatic carbocycles. The number of anilines is 2. The molecule has 1 heterocycles. The third-order valence-corrected chi connectivity index (χ3v) is 9.13. The zero-order valence-electron chi connectivity index (χ0n) is 27.2. The lowest BCUT2D eigenvalue weighted by atomic mass is 9.82. The van der Waals surface area contributed by atoms with E-state index >= 15 is 0 Å². The molecule has 12 nitrogen and oxygen atoms in total. The van der Waals surface area contributed by atoms with Crippen LogP contribution in [0.15, 0.2) is 71.6 Å². The summed E-state index contributed by atoms with van der Waals surface area (Å²) in [6.45, 7) is 6.53. The molecule has 1 fully saturated rings. The summed E-state index contributed by atoms with van der Waals surface area (Å²) in [4.78, 5) is 30.6. The van der Waals surface area contributed by atoms with Crippen molar-refractivity contribution in [1.82, 2.24) is 20.1 Å². The number of halogens is 3. The first-order valence-electron chi connectivity index (χ1n) is 15.5. The third kappa shape index (κ3) is 10.9. The van der Waals surface area contributed by atoms with Crippen molar-refractivity contribution in [3.8, 4) is 0 Å². The van der Waals surface area contributed by atoms with Crippen LogP contribution >= 0.6 is 0 Å². The number of aliphatic carboxylic acids is 1. The van der Waals surface area contributed by atoms with Crippen molar-refractivity contribution < 1.29 is 41.0 Å². The van der Waals surface area contributed by atoms with Gasteiger partial charge in [-0.05, 0) is 81.9 Å². The number of carboxylic acids is 1. The maximum atomic E-state index is 13.1. The number of alkyl halides is 3. The van der Waals surface area contributed by atoms with Crippen molar-refractivity contribution in [3.05, 3.63) is 66.7 Å². The zero-order valence-corrected chi connectivity index (χ0v) is 28.0. The van der Waals surface area contributed by atoms with E-state index in [1.54, 1.807) is 32.9 Å². The Hall–Kier alpha value is -4.70. The van der Waals surface area contributed by atoms with E-state index in [0.29, 0.717) is 35.7 Å².